The van der Waals surface area contributed by atoms with Crippen molar-refractivity contribution in [2.24, 2.45) is 0 Å². The SMILES string of the molecule is COc1cc(-c2cc(C(=O)NCc3ccccn3)[nH]n2)cc(OC)c1OC. The average molecular weight is 368 g/mol. The highest BCUT2D eigenvalue weighted by Crippen LogP contribution is 2.40. The molecule has 0 spiro atoms. The number of benzene rings is 1. The Kier molecular flexibility index (Phi) is 5.55. The minimum atomic E-state index is -0.271. The highest BCUT2D eigenvalue weighted by atomic mass is 16.5. The number of aromatic amines is 1. The van der Waals surface area contributed by atoms with Gasteiger partial charge in [0.2, 0.25) is 5.75 Å². The van der Waals surface area contributed by atoms with Crippen molar-refractivity contribution < 1.29 is 19.0 Å². The summed E-state index contributed by atoms with van der Waals surface area (Å²) in [4.78, 5) is 16.5. The molecule has 3 aromatic rings. The third-order valence-electron chi connectivity index (χ3n) is 3.94. The topological polar surface area (TPSA) is 98.4 Å². The number of carbonyl (C=O) groups excluding carboxylic acids is 1. The van der Waals surface area contributed by atoms with Crippen molar-refractivity contribution in [1.29, 1.82) is 0 Å². The third kappa shape index (κ3) is 4.00. The number of pyridine rings is 1. The summed E-state index contributed by atoms with van der Waals surface area (Å²) in [6.45, 7) is 0.332. The van der Waals surface area contributed by atoms with Crippen LogP contribution in [0.2, 0.25) is 0 Å². The fourth-order valence-corrected chi connectivity index (χ4v) is 2.58. The Morgan fingerprint density at radius 1 is 1.07 bits per heavy atom. The maximum atomic E-state index is 12.3. The molecule has 1 aromatic carbocycles. The fraction of sp³-hybridized carbons (Fsp3) is 0.211. The first-order chi connectivity index (χ1) is 13.2. The Hall–Kier alpha value is -3.55. The lowest BCUT2D eigenvalue weighted by molar-refractivity contribution is 0.0945. The van der Waals surface area contributed by atoms with E-state index in [0.717, 1.165) is 11.3 Å². The summed E-state index contributed by atoms with van der Waals surface area (Å²) in [6, 6.07) is 10.7. The number of H-pyrrole nitrogens is 1. The number of nitrogens with one attached hydrogen (secondary N) is 2. The van der Waals surface area contributed by atoms with Crippen molar-refractivity contribution in [3.8, 4) is 28.5 Å². The summed E-state index contributed by atoms with van der Waals surface area (Å²) in [5.41, 5.74) is 2.42. The maximum Gasteiger partial charge on any atom is 0.269 e. The monoisotopic (exact) mass is 368 g/mol. The molecule has 0 radical (unpaired) electrons. The second kappa shape index (κ2) is 8.22. The summed E-state index contributed by atoms with van der Waals surface area (Å²) in [5.74, 6) is 1.24. The zero-order valence-corrected chi connectivity index (χ0v) is 15.3. The van der Waals surface area contributed by atoms with Crippen molar-refractivity contribution in [3.05, 3.63) is 54.0 Å². The minimum Gasteiger partial charge on any atom is -0.493 e. The molecule has 140 valence electrons. The summed E-state index contributed by atoms with van der Waals surface area (Å²) < 4.78 is 16.0. The zero-order valence-electron chi connectivity index (χ0n) is 15.3. The van der Waals surface area contributed by atoms with Crippen molar-refractivity contribution in [1.82, 2.24) is 20.5 Å². The van der Waals surface area contributed by atoms with E-state index in [0.29, 0.717) is 35.2 Å². The van der Waals surface area contributed by atoms with E-state index in [9.17, 15) is 4.79 Å². The molecule has 2 N–H and O–H groups in total. The molecule has 0 unspecified atom stereocenters. The predicted molar refractivity (Wildman–Crippen MR) is 99.1 cm³/mol. The number of methoxy groups -OCH3 is 3. The lowest BCUT2D eigenvalue weighted by Crippen LogP contribution is -2.23. The zero-order chi connectivity index (χ0) is 19.2. The average Bonchev–Trinajstić information content (AvgIpc) is 3.22. The van der Waals surface area contributed by atoms with Gasteiger partial charge in [0.05, 0.1) is 39.3 Å². The molecule has 0 saturated heterocycles. The van der Waals surface area contributed by atoms with Crippen LogP contribution in [-0.4, -0.2) is 42.4 Å². The molecule has 3 rings (SSSR count). The van der Waals surface area contributed by atoms with Crippen LogP contribution in [-0.2, 0) is 6.54 Å². The van der Waals surface area contributed by atoms with Gasteiger partial charge in [-0.1, -0.05) is 6.07 Å². The van der Waals surface area contributed by atoms with E-state index in [1.807, 2.05) is 18.2 Å². The van der Waals surface area contributed by atoms with Crippen molar-refractivity contribution in [3.63, 3.8) is 0 Å². The molecule has 1 amide bonds. The Morgan fingerprint density at radius 2 is 1.81 bits per heavy atom. The second-order valence-electron chi connectivity index (χ2n) is 5.58. The van der Waals surface area contributed by atoms with Crippen molar-refractivity contribution >= 4 is 5.91 Å². The number of nitrogens with zero attached hydrogens (tertiary/aromatic N) is 2. The molecule has 0 fully saturated rings. The van der Waals surface area contributed by atoms with Gasteiger partial charge < -0.3 is 19.5 Å². The highest BCUT2D eigenvalue weighted by molar-refractivity contribution is 5.93. The molecule has 2 heterocycles. The van der Waals surface area contributed by atoms with Gasteiger partial charge in [-0.3, -0.25) is 14.9 Å². The molecular formula is C19H20N4O4. The van der Waals surface area contributed by atoms with E-state index in [1.54, 1.807) is 45.7 Å². The number of aromatic nitrogens is 3. The van der Waals surface area contributed by atoms with E-state index in [1.165, 1.54) is 0 Å². The van der Waals surface area contributed by atoms with Crippen LogP contribution in [0.4, 0.5) is 0 Å². The van der Waals surface area contributed by atoms with Gasteiger partial charge >= 0.3 is 0 Å². The number of amides is 1. The van der Waals surface area contributed by atoms with Gasteiger partial charge in [0.15, 0.2) is 11.5 Å². The summed E-state index contributed by atoms with van der Waals surface area (Å²) >= 11 is 0. The summed E-state index contributed by atoms with van der Waals surface area (Å²) in [7, 11) is 4.63. The van der Waals surface area contributed by atoms with E-state index in [-0.39, 0.29) is 5.91 Å². The third-order valence-corrected chi connectivity index (χ3v) is 3.94. The van der Waals surface area contributed by atoms with E-state index < -0.39 is 0 Å². The van der Waals surface area contributed by atoms with Gasteiger partial charge in [-0.25, -0.2) is 0 Å². The number of ether oxygens (including phenoxy) is 3. The van der Waals surface area contributed by atoms with Gasteiger partial charge in [-0.05, 0) is 30.3 Å². The molecule has 0 atom stereocenters. The molecule has 0 aliphatic heterocycles. The fourth-order valence-electron chi connectivity index (χ4n) is 2.58. The molecule has 0 saturated carbocycles. The minimum absolute atomic E-state index is 0.271. The predicted octanol–water partition coefficient (Wildman–Crippen LogP) is 2.43. The van der Waals surface area contributed by atoms with E-state index in [4.69, 9.17) is 14.2 Å². The Morgan fingerprint density at radius 3 is 2.41 bits per heavy atom. The van der Waals surface area contributed by atoms with Crippen LogP contribution < -0.4 is 19.5 Å². The van der Waals surface area contributed by atoms with Gasteiger partial charge in [0.1, 0.15) is 5.69 Å². The molecular weight excluding hydrogens is 348 g/mol. The first-order valence-electron chi connectivity index (χ1n) is 8.20. The molecule has 8 heteroatoms. The first-order valence-corrected chi connectivity index (χ1v) is 8.20. The van der Waals surface area contributed by atoms with Gasteiger partial charge in [0.25, 0.3) is 5.91 Å². The van der Waals surface area contributed by atoms with Crippen LogP contribution in [0.15, 0.2) is 42.6 Å². The van der Waals surface area contributed by atoms with Crippen LogP contribution in [0.25, 0.3) is 11.3 Å². The van der Waals surface area contributed by atoms with Gasteiger partial charge in [-0.2, -0.15) is 5.10 Å². The molecule has 0 aliphatic rings. The molecule has 27 heavy (non-hydrogen) atoms. The smallest absolute Gasteiger partial charge is 0.269 e. The van der Waals surface area contributed by atoms with Crippen LogP contribution in [0.5, 0.6) is 17.2 Å². The van der Waals surface area contributed by atoms with E-state index >= 15 is 0 Å². The van der Waals surface area contributed by atoms with Gasteiger partial charge in [-0.15, -0.1) is 0 Å². The number of hydrogen-bond donors (Lipinski definition) is 2. The molecule has 0 bridgehead atoms. The van der Waals surface area contributed by atoms with Crippen LogP contribution in [0.3, 0.4) is 0 Å². The number of carbonyl (C=O) groups is 1. The summed E-state index contributed by atoms with van der Waals surface area (Å²) in [6.07, 6.45) is 1.68. The standard InChI is InChI=1S/C19H20N4O4/c1-25-16-8-12(9-17(26-2)18(16)27-3)14-10-15(23-22-14)19(24)21-11-13-6-4-5-7-20-13/h4-10H,11H2,1-3H3,(H,21,24)(H,22,23). The van der Waals surface area contributed by atoms with Crippen LogP contribution in [0, 0.1) is 0 Å². The van der Waals surface area contributed by atoms with Gasteiger partial charge in [0, 0.05) is 11.8 Å². The number of rotatable bonds is 7. The van der Waals surface area contributed by atoms with Crippen LogP contribution in [0.1, 0.15) is 16.2 Å². The second-order valence-corrected chi connectivity index (χ2v) is 5.58. The Labute approximate surface area is 156 Å². The van der Waals surface area contributed by atoms with Crippen molar-refractivity contribution in [2.45, 2.75) is 6.54 Å². The lowest BCUT2D eigenvalue weighted by Gasteiger charge is -2.13. The van der Waals surface area contributed by atoms with Crippen LogP contribution >= 0.6 is 0 Å². The Bertz CT molecular complexity index is 899. The normalized spacial score (nSPS) is 10.3. The molecule has 2 aromatic heterocycles. The quantitative estimate of drug-likeness (QED) is 0.665. The molecule has 0 aliphatic carbocycles. The first kappa shape index (κ1) is 18.2. The lowest BCUT2D eigenvalue weighted by atomic mass is 10.1. The summed E-state index contributed by atoms with van der Waals surface area (Å²) in [5, 5.41) is 9.77. The molecule has 8 nitrogen and oxygen atoms in total. The van der Waals surface area contributed by atoms with Crippen molar-refractivity contribution in [2.75, 3.05) is 21.3 Å². The largest absolute Gasteiger partial charge is 0.493 e. The number of hydrogen-bond acceptors (Lipinski definition) is 6. The highest BCUT2D eigenvalue weighted by Gasteiger charge is 2.17. The van der Waals surface area contributed by atoms with E-state index in [2.05, 4.69) is 20.5 Å². The Balaban J connectivity index is 1.80. The maximum absolute atomic E-state index is 12.3.